The highest BCUT2D eigenvalue weighted by Gasteiger charge is 2.33. The smallest absolute Gasteiger partial charge is 0.318 e. The van der Waals surface area contributed by atoms with Crippen LogP contribution in [0.1, 0.15) is 50.5 Å². The van der Waals surface area contributed by atoms with Crippen LogP contribution in [0, 0.1) is 11.8 Å². The summed E-state index contributed by atoms with van der Waals surface area (Å²) in [4.78, 5) is 18.4. The fourth-order valence-electron chi connectivity index (χ4n) is 6.58. The number of hydrogen-bond acceptors (Lipinski definition) is 8. The van der Waals surface area contributed by atoms with Crippen LogP contribution in [0.5, 0.6) is 0 Å². The van der Waals surface area contributed by atoms with Gasteiger partial charge in [0.15, 0.2) is 0 Å². The van der Waals surface area contributed by atoms with Crippen LogP contribution >= 0.6 is 54.8 Å². The maximum absolute atomic E-state index is 13.4. The maximum atomic E-state index is 13.4. The molecule has 0 radical (unpaired) electrons. The Labute approximate surface area is 315 Å². The minimum atomic E-state index is -4.04. The van der Waals surface area contributed by atoms with E-state index < -0.39 is 32.6 Å². The average Bonchev–Trinajstić information content (AvgIpc) is 3.44. The second-order valence-corrected chi connectivity index (χ2v) is 20.4. The van der Waals surface area contributed by atoms with Crippen molar-refractivity contribution in [2.24, 2.45) is 11.8 Å². The Morgan fingerprint density at radius 1 is 1.02 bits per heavy atom. The van der Waals surface area contributed by atoms with Gasteiger partial charge in [0, 0.05) is 48.2 Å². The lowest BCUT2D eigenvalue weighted by molar-refractivity contribution is -0.137. The lowest BCUT2D eigenvalue weighted by atomic mass is 9.87. The molecular weight excluding hydrogens is 840 g/mol. The lowest BCUT2D eigenvalue weighted by Crippen LogP contribution is -2.41. The first-order valence-corrected chi connectivity index (χ1v) is 22.2. The molecule has 2 saturated heterocycles. The predicted octanol–water partition coefficient (Wildman–Crippen LogP) is 7.13. The van der Waals surface area contributed by atoms with Crippen LogP contribution in [-0.2, 0) is 31.3 Å². The second kappa shape index (κ2) is 17.3. The number of aryl methyl sites for hydroxylation is 1. The van der Waals surface area contributed by atoms with E-state index in [0.29, 0.717) is 52.4 Å². The Morgan fingerprint density at radius 2 is 1.76 bits per heavy atom. The van der Waals surface area contributed by atoms with Crippen LogP contribution in [0.4, 0.5) is 5.82 Å². The van der Waals surface area contributed by atoms with Gasteiger partial charge in [0.05, 0.1) is 0 Å². The highest BCUT2D eigenvalue weighted by atomic mass is 79.9. The molecule has 2 atom stereocenters. The topological polar surface area (TPSA) is 128 Å². The number of sulfonamides is 2. The van der Waals surface area contributed by atoms with Crippen LogP contribution in [0.15, 0.2) is 68.3 Å². The summed E-state index contributed by atoms with van der Waals surface area (Å²) in [6.07, 6.45) is 8.40. The van der Waals surface area contributed by atoms with E-state index in [1.165, 1.54) is 12.3 Å². The summed E-state index contributed by atoms with van der Waals surface area (Å²) in [6.45, 7) is 2.08. The van der Waals surface area contributed by atoms with E-state index >= 15 is 0 Å². The number of aromatic nitrogens is 1. The van der Waals surface area contributed by atoms with E-state index in [1.807, 2.05) is 30.3 Å². The molecule has 1 aromatic carbocycles. The van der Waals surface area contributed by atoms with Crippen LogP contribution in [0.25, 0.3) is 0 Å². The molecule has 0 amide bonds. The zero-order valence-electron chi connectivity index (χ0n) is 27.0. The number of aliphatic carboxylic acids is 1. The SMILES string of the molecule is O=C(O)CN(CCCc1ccccc1)S(=O)(=O)c1ccc(N2CCC(CCCC3CCN(S(=O)(=O)c4cc(Br)c(Cl)s4)CC3)C(Br)C2)nc1. The van der Waals surface area contributed by atoms with Crippen LogP contribution in [0.2, 0.25) is 4.34 Å². The van der Waals surface area contributed by atoms with Crippen molar-refractivity contribution in [1.29, 1.82) is 0 Å². The first-order valence-electron chi connectivity index (χ1n) is 16.4. The van der Waals surface area contributed by atoms with Gasteiger partial charge in [0.2, 0.25) is 10.0 Å². The number of nitrogens with zero attached hydrogens (tertiary/aromatic N) is 4. The Morgan fingerprint density at radius 3 is 2.37 bits per heavy atom. The molecule has 2 unspecified atom stereocenters. The number of benzene rings is 1. The highest BCUT2D eigenvalue weighted by Crippen LogP contribution is 2.38. The summed E-state index contributed by atoms with van der Waals surface area (Å²) < 4.78 is 56.8. The third-order valence-corrected chi connectivity index (χ3v) is 17.1. The van der Waals surface area contributed by atoms with Crippen LogP contribution in [-0.4, -0.2) is 85.6 Å². The largest absolute Gasteiger partial charge is 0.480 e. The number of thiophene rings is 1. The van der Waals surface area contributed by atoms with E-state index in [4.69, 9.17) is 11.6 Å². The van der Waals surface area contributed by atoms with Gasteiger partial charge in [0.25, 0.3) is 10.0 Å². The van der Waals surface area contributed by atoms with E-state index in [0.717, 1.165) is 72.8 Å². The molecule has 0 spiro atoms. The van der Waals surface area contributed by atoms with E-state index in [-0.39, 0.29) is 20.5 Å². The number of carboxylic acid groups (broad SMARTS) is 1. The molecule has 2 aliphatic rings. The van der Waals surface area contributed by atoms with Gasteiger partial charge in [-0.15, -0.1) is 11.3 Å². The van der Waals surface area contributed by atoms with Gasteiger partial charge >= 0.3 is 5.97 Å². The molecule has 0 aliphatic carbocycles. The maximum Gasteiger partial charge on any atom is 0.318 e. The Kier molecular flexibility index (Phi) is 13.6. The Bertz CT molecular complexity index is 1750. The number of pyridine rings is 1. The minimum absolute atomic E-state index is 0.0186. The number of hydrogen-bond donors (Lipinski definition) is 1. The third-order valence-electron chi connectivity index (χ3n) is 9.36. The zero-order valence-corrected chi connectivity index (χ0v) is 33.3. The van der Waals surface area contributed by atoms with Gasteiger partial charge in [-0.3, -0.25) is 4.79 Å². The van der Waals surface area contributed by atoms with Gasteiger partial charge in [-0.25, -0.2) is 21.8 Å². The summed E-state index contributed by atoms with van der Waals surface area (Å²) in [5.74, 6) is 0.492. The first kappa shape index (κ1) is 38.6. The zero-order chi connectivity index (χ0) is 35.2. The molecule has 16 heteroatoms. The van der Waals surface area contributed by atoms with E-state index in [9.17, 15) is 26.7 Å². The number of piperidine rings is 2. The number of rotatable bonds is 15. The molecule has 268 valence electrons. The fraction of sp³-hybridized carbons (Fsp3) is 0.515. The molecule has 49 heavy (non-hydrogen) atoms. The van der Waals surface area contributed by atoms with Crippen molar-refractivity contribution in [1.82, 2.24) is 13.6 Å². The monoisotopic (exact) mass is 878 g/mol. The summed E-state index contributed by atoms with van der Waals surface area (Å²) >= 11 is 14.4. The van der Waals surface area contributed by atoms with E-state index in [2.05, 4.69) is 41.7 Å². The summed E-state index contributed by atoms with van der Waals surface area (Å²) in [5.41, 5.74) is 1.07. The number of anilines is 1. The molecule has 5 rings (SSSR count). The highest BCUT2D eigenvalue weighted by molar-refractivity contribution is 9.10. The number of halogens is 3. The molecular formula is C33H41Br2ClN4O6S3. The third kappa shape index (κ3) is 10.1. The Hall–Kier alpha value is -1.59. The van der Waals surface area contributed by atoms with Crippen molar-refractivity contribution < 1.29 is 26.7 Å². The standard InChI is InChI=1S/C33H41Br2ClN4O6S3/c34-28-20-32(47-33(28)36)49(45,46)39-18-13-25(14-19-39)8-4-10-26-15-17-38(22-29(26)35)30-12-11-27(21-37-30)48(43,44)40(23-31(41)42)16-5-9-24-6-2-1-3-7-24/h1-3,6-7,11-12,20-21,25-26,29H,4-5,8-10,13-19,22-23H2,(H,41,42). The van der Waals surface area contributed by atoms with Gasteiger partial charge < -0.3 is 10.0 Å². The van der Waals surface area contributed by atoms with Gasteiger partial charge in [-0.2, -0.15) is 8.61 Å². The van der Waals surface area contributed by atoms with Crippen molar-refractivity contribution in [3.63, 3.8) is 0 Å². The average molecular weight is 881 g/mol. The predicted molar refractivity (Wildman–Crippen MR) is 201 cm³/mol. The normalized spacial score (nSPS) is 19.8. The number of carboxylic acids is 1. The van der Waals surface area contributed by atoms with Gasteiger partial charge in [-0.05, 0) is 90.1 Å². The van der Waals surface area contributed by atoms with Crippen LogP contribution in [0.3, 0.4) is 0 Å². The lowest BCUT2D eigenvalue weighted by Gasteiger charge is -2.37. The molecule has 3 aromatic rings. The number of alkyl halides is 1. The second-order valence-electron chi connectivity index (χ2n) is 12.6. The van der Waals surface area contributed by atoms with Crippen molar-refractivity contribution in [3.8, 4) is 0 Å². The molecule has 2 aliphatic heterocycles. The molecule has 4 heterocycles. The molecule has 0 saturated carbocycles. The van der Waals surface area contributed by atoms with Crippen molar-refractivity contribution in [2.75, 3.05) is 44.2 Å². The Balaban J connectivity index is 1.07. The van der Waals surface area contributed by atoms with Gasteiger partial charge in [0.1, 0.15) is 25.8 Å². The number of carbonyl (C=O) groups is 1. The van der Waals surface area contributed by atoms with Crippen molar-refractivity contribution in [3.05, 3.63) is 69.1 Å². The summed E-state index contributed by atoms with van der Waals surface area (Å²) in [5, 5.41) is 9.41. The van der Waals surface area contributed by atoms with E-state index in [1.54, 1.807) is 16.4 Å². The quantitative estimate of drug-likeness (QED) is 0.160. The molecule has 10 nitrogen and oxygen atoms in total. The minimum Gasteiger partial charge on any atom is -0.480 e. The summed E-state index contributed by atoms with van der Waals surface area (Å²) in [7, 11) is -7.56. The summed E-state index contributed by atoms with van der Waals surface area (Å²) in [6, 6.07) is 14.5. The van der Waals surface area contributed by atoms with Crippen molar-refractivity contribution in [2.45, 2.75) is 65.3 Å². The molecule has 1 N–H and O–H groups in total. The fourth-order valence-corrected chi connectivity index (χ4v) is 12.8. The van der Waals surface area contributed by atoms with Crippen LogP contribution < -0.4 is 4.90 Å². The molecule has 2 aromatic heterocycles. The molecule has 0 bridgehead atoms. The van der Waals surface area contributed by atoms with Gasteiger partial charge in [-0.1, -0.05) is 70.7 Å². The van der Waals surface area contributed by atoms with Crippen molar-refractivity contribution >= 4 is 86.6 Å². The first-order chi connectivity index (χ1) is 23.3. The molecule has 2 fully saturated rings.